The van der Waals surface area contributed by atoms with Gasteiger partial charge < -0.3 is 14.8 Å². The molecule has 7 nitrogen and oxygen atoms in total. The Morgan fingerprint density at radius 2 is 2.23 bits per heavy atom. The van der Waals surface area contributed by atoms with E-state index in [9.17, 15) is 14.0 Å². The number of hydrogen-bond donors (Lipinski definition) is 1. The van der Waals surface area contributed by atoms with Crippen molar-refractivity contribution in [3.05, 3.63) is 47.9 Å². The van der Waals surface area contributed by atoms with Crippen molar-refractivity contribution >= 4 is 23.4 Å². The highest BCUT2D eigenvalue weighted by Crippen LogP contribution is 2.25. The number of cyclic esters (lactones) is 1. The molecule has 1 N–H and O–H groups in total. The monoisotopic (exact) mass is 359 g/mol. The van der Waals surface area contributed by atoms with Gasteiger partial charge in [-0.2, -0.15) is 0 Å². The average Bonchev–Trinajstić information content (AvgIpc) is 3.03. The smallest absolute Gasteiger partial charge is 0.414 e. The maximum Gasteiger partial charge on any atom is 0.414 e. The van der Waals surface area contributed by atoms with Gasteiger partial charge in [-0.3, -0.25) is 9.69 Å². The molecule has 0 bridgehead atoms. The van der Waals surface area contributed by atoms with E-state index >= 15 is 0 Å². The van der Waals surface area contributed by atoms with Gasteiger partial charge in [-0.15, -0.1) is 0 Å². The minimum absolute atomic E-state index is 0.135. The summed E-state index contributed by atoms with van der Waals surface area (Å²) in [4.78, 5) is 29.4. The zero-order valence-electron chi connectivity index (χ0n) is 14.4. The Hall–Kier alpha value is -3.16. The first-order valence-corrected chi connectivity index (χ1v) is 8.11. The highest BCUT2D eigenvalue weighted by Gasteiger charge is 2.31. The van der Waals surface area contributed by atoms with Crippen LogP contribution in [0.2, 0.25) is 0 Å². The van der Waals surface area contributed by atoms with E-state index < -0.39 is 17.8 Å². The number of anilines is 2. The van der Waals surface area contributed by atoms with Gasteiger partial charge in [0.1, 0.15) is 11.9 Å². The molecule has 0 radical (unpaired) electrons. The zero-order chi connectivity index (χ0) is 18.7. The van der Waals surface area contributed by atoms with Crippen LogP contribution in [0.1, 0.15) is 23.7 Å². The van der Waals surface area contributed by atoms with Crippen molar-refractivity contribution in [3.8, 4) is 5.88 Å². The molecule has 1 unspecified atom stereocenters. The lowest BCUT2D eigenvalue weighted by molar-refractivity contribution is 0.102. The van der Waals surface area contributed by atoms with Crippen molar-refractivity contribution in [2.45, 2.75) is 19.4 Å². The minimum atomic E-state index is -0.728. The van der Waals surface area contributed by atoms with Crippen LogP contribution in [0, 0.1) is 5.82 Å². The predicted octanol–water partition coefficient (Wildman–Crippen LogP) is 3.22. The molecule has 136 valence electrons. The third-order valence-electron chi connectivity index (χ3n) is 4.04. The molecular formula is C18H18FN3O4. The van der Waals surface area contributed by atoms with Gasteiger partial charge in [0.15, 0.2) is 0 Å². The van der Waals surface area contributed by atoms with Crippen LogP contribution in [0.4, 0.5) is 20.6 Å². The quantitative estimate of drug-likeness (QED) is 0.887. The lowest BCUT2D eigenvalue weighted by Crippen LogP contribution is -2.25. The number of halogens is 1. The topological polar surface area (TPSA) is 80.8 Å². The molecule has 8 heteroatoms. The van der Waals surface area contributed by atoms with Gasteiger partial charge in [0, 0.05) is 6.07 Å². The molecular weight excluding hydrogens is 341 g/mol. The van der Waals surface area contributed by atoms with Crippen LogP contribution in [-0.2, 0) is 4.74 Å². The lowest BCUT2D eigenvalue weighted by Gasteiger charge is -2.14. The van der Waals surface area contributed by atoms with Gasteiger partial charge in [0.25, 0.3) is 5.91 Å². The first-order valence-electron chi connectivity index (χ1n) is 8.11. The van der Waals surface area contributed by atoms with E-state index in [2.05, 4.69) is 10.3 Å². The summed E-state index contributed by atoms with van der Waals surface area (Å²) in [7, 11) is 1.48. The number of amides is 2. The molecule has 0 aliphatic carbocycles. The summed E-state index contributed by atoms with van der Waals surface area (Å²) >= 11 is 0. The second-order valence-electron chi connectivity index (χ2n) is 5.73. The number of rotatable bonds is 5. The molecule has 1 aliphatic heterocycles. The van der Waals surface area contributed by atoms with Crippen LogP contribution in [-0.4, -0.2) is 36.7 Å². The Kier molecular flexibility index (Phi) is 5.01. The summed E-state index contributed by atoms with van der Waals surface area (Å²) in [5, 5.41) is 2.56. The molecule has 1 aromatic heterocycles. The summed E-state index contributed by atoms with van der Waals surface area (Å²) in [6.07, 6.45) is 1.36. The van der Waals surface area contributed by atoms with Crippen LogP contribution in [0.5, 0.6) is 5.88 Å². The number of carbonyl (C=O) groups excluding carboxylic acids is 2. The van der Waals surface area contributed by atoms with Crippen LogP contribution in [0.25, 0.3) is 0 Å². The van der Waals surface area contributed by atoms with Gasteiger partial charge in [-0.1, -0.05) is 6.92 Å². The molecule has 3 rings (SSSR count). The number of nitrogens with one attached hydrogen (secondary N) is 1. The van der Waals surface area contributed by atoms with Crippen LogP contribution < -0.4 is 15.0 Å². The molecule has 1 aromatic carbocycles. The predicted molar refractivity (Wildman–Crippen MR) is 93.0 cm³/mol. The molecule has 1 fully saturated rings. The largest absolute Gasteiger partial charge is 0.481 e. The Labute approximate surface area is 149 Å². The molecule has 1 atom stereocenters. The molecule has 2 heterocycles. The maximum absolute atomic E-state index is 14.4. The normalized spacial score (nSPS) is 16.3. The third kappa shape index (κ3) is 3.58. The van der Waals surface area contributed by atoms with Crippen molar-refractivity contribution in [2.24, 2.45) is 0 Å². The SMILES string of the molecule is CCC1CN(c2ccc(C(=O)Nc3ccc(OC)nc3)c(F)c2)C(=O)O1. The van der Waals surface area contributed by atoms with Crippen LogP contribution >= 0.6 is 0 Å². The van der Waals surface area contributed by atoms with Gasteiger partial charge in [0.2, 0.25) is 5.88 Å². The minimum Gasteiger partial charge on any atom is -0.481 e. The highest BCUT2D eigenvalue weighted by atomic mass is 19.1. The van der Waals surface area contributed by atoms with Crippen molar-refractivity contribution in [1.82, 2.24) is 4.98 Å². The van der Waals surface area contributed by atoms with E-state index in [1.165, 1.54) is 30.3 Å². The Morgan fingerprint density at radius 1 is 1.42 bits per heavy atom. The first-order chi connectivity index (χ1) is 12.5. The molecule has 2 amide bonds. The molecule has 1 saturated heterocycles. The summed E-state index contributed by atoms with van der Waals surface area (Å²) in [6, 6.07) is 7.19. The van der Waals surface area contributed by atoms with Crippen LogP contribution in [0.15, 0.2) is 36.5 Å². The third-order valence-corrected chi connectivity index (χ3v) is 4.04. The van der Waals surface area contributed by atoms with Gasteiger partial charge in [0.05, 0.1) is 36.8 Å². The van der Waals surface area contributed by atoms with E-state index in [1.807, 2.05) is 6.92 Å². The maximum atomic E-state index is 14.4. The second-order valence-corrected chi connectivity index (χ2v) is 5.73. The van der Waals surface area contributed by atoms with E-state index in [1.54, 1.807) is 12.1 Å². The van der Waals surface area contributed by atoms with E-state index in [4.69, 9.17) is 9.47 Å². The lowest BCUT2D eigenvalue weighted by atomic mass is 10.1. The highest BCUT2D eigenvalue weighted by molar-refractivity contribution is 6.04. The van der Waals surface area contributed by atoms with Crippen molar-refractivity contribution < 1.29 is 23.5 Å². The number of ether oxygens (including phenoxy) is 2. The van der Waals surface area contributed by atoms with E-state index in [-0.39, 0.29) is 11.7 Å². The number of carbonyl (C=O) groups is 2. The van der Waals surface area contributed by atoms with Crippen molar-refractivity contribution in [1.29, 1.82) is 0 Å². The fraction of sp³-hybridized carbons (Fsp3) is 0.278. The van der Waals surface area contributed by atoms with Crippen molar-refractivity contribution in [2.75, 3.05) is 23.9 Å². The van der Waals surface area contributed by atoms with Gasteiger partial charge in [-0.05, 0) is 30.7 Å². The fourth-order valence-electron chi connectivity index (χ4n) is 2.57. The zero-order valence-corrected chi connectivity index (χ0v) is 14.4. The van der Waals surface area contributed by atoms with Gasteiger partial charge >= 0.3 is 6.09 Å². The summed E-state index contributed by atoms with van der Waals surface area (Å²) < 4.78 is 24.5. The number of methoxy groups -OCH3 is 1. The average molecular weight is 359 g/mol. The van der Waals surface area contributed by atoms with E-state index in [0.29, 0.717) is 30.2 Å². The number of aromatic nitrogens is 1. The number of nitrogens with zero attached hydrogens (tertiary/aromatic N) is 2. The number of pyridine rings is 1. The number of hydrogen-bond acceptors (Lipinski definition) is 5. The fourth-order valence-corrected chi connectivity index (χ4v) is 2.57. The Balaban J connectivity index is 1.74. The summed E-state index contributed by atoms with van der Waals surface area (Å²) in [6.45, 7) is 2.27. The Bertz CT molecular complexity index is 826. The second kappa shape index (κ2) is 7.38. The van der Waals surface area contributed by atoms with Crippen LogP contribution in [0.3, 0.4) is 0 Å². The molecule has 2 aromatic rings. The standard InChI is InChI=1S/C18H18FN3O4/c1-3-13-10-22(18(24)26-13)12-5-6-14(15(19)8-12)17(23)21-11-4-7-16(25-2)20-9-11/h4-9,13H,3,10H2,1-2H3,(H,21,23). The molecule has 0 spiro atoms. The number of benzene rings is 1. The Morgan fingerprint density at radius 3 is 2.81 bits per heavy atom. The van der Waals surface area contributed by atoms with Crippen molar-refractivity contribution in [3.63, 3.8) is 0 Å². The molecule has 0 saturated carbocycles. The van der Waals surface area contributed by atoms with Gasteiger partial charge in [-0.25, -0.2) is 14.2 Å². The molecule has 1 aliphatic rings. The summed E-state index contributed by atoms with van der Waals surface area (Å²) in [5.74, 6) is -0.938. The van der Waals surface area contributed by atoms with E-state index in [0.717, 1.165) is 6.07 Å². The first kappa shape index (κ1) is 17.7. The molecule has 26 heavy (non-hydrogen) atoms. The summed E-state index contributed by atoms with van der Waals surface area (Å²) in [5.41, 5.74) is 0.628.